The number of carbonyl (C=O) groups is 1. The molecule has 27 heavy (non-hydrogen) atoms. The zero-order valence-corrected chi connectivity index (χ0v) is 15.4. The van der Waals surface area contributed by atoms with Crippen molar-refractivity contribution in [3.8, 4) is 17.0 Å². The van der Waals surface area contributed by atoms with Gasteiger partial charge in [-0.1, -0.05) is 0 Å². The molecule has 0 bridgehead atoms. The van der Waals surface area contributed by atoms with E-state index in [9.17, 15) is 4.79 Å². The fourth-order valence-electron chi connectivity index (χ4n) is 3.32. The summed E-state index contributed by atoms with van der Waals surface area (Å²) in [7, 11) is 3.46. The molecule has 7 nitrogen and oxygen atoms in total. The topological polar surface area (TPSA) is 78.3 Å². The maximum absolute atomic E-state index is 13.0. The van der Waals surface area contributed by atoms with Gasteiger partial charge in [0.2, 0.25) is 0 Å². The molecular weight excluding hydrogens is 344 g/mol. The fraction of sp³-hybridized carbons (Fsp3) is 0.350. The lowest BCUT2D eigenvalue weighted by Gasteiger charge is -2.23. The van der Waals surface area contributed by atoms with Crippen molar-refractivity contribution in [2.24, 2.45) is 7.05 Å². The molecule has 0 radical (unpaired) electrons. The number of amides is 1. The average Bonchev–Trinajstić information content (AvgIpc) is 3.09. The van der Waals surface area contributed by atoms with Crippen LogP contribution < -0.4 is 10.1 Å². The lowest BCUT2D eigenvalue weighted by Crippen LogP contribution is -2.39. The summed E-state index contributed by atoms with van der Waals surface area (Å²) < 4.78 is 12.3. The third-order valence-electron chi connectivity index (χ3n) is 4.89. The van der Waals surface area contributed by atoms with Gasteiger partial charge in [0.25, 0.3) is 5.91 Å². The van der Waals surface area contributed by atoms with Crippen molar-refractivity contribution < 1.29 is 14.3 Å². The zero-order chi connectivity index (χ0) is 18.8. The number of aromatic nitrogens is 3. The van der Waals surface area contributed by atoms with E-state index in [0.29, 0.717) is 24.4 Å². The predicted octanol–water partition coefficient (Wildman–Crippen LogP) is 2.55. The molecule has 1 aliphatic rings. The summed E-state index contributed by atoms with van der Waals surface area (Å²) in [6.45, 7) is 1.36. The lowest BCUT2D eigenvalue weighted by atomic mass is 10.0. The van der Waals surface area contributed by atoms with Gasteiger partial charge in [-0.25, -0.2) is 4.98 Å². The second-order valence-corrected chi connectivity index (χ2v) is 6.65. The molecule has 0 unspecified atom stereocenters. The minimum Gasteiger partial charge on any atom is -0.497 e. The summed E-state index contributed by atoms with van der Waals surface area (Å²) in [4.78, 5) is 17.7. The number of nitrogens with one attached hydrogen (secondary N) is 1. The monoisotopic (exact) mass is 366 g/mol. The van der Waals surface area contributed by atoms with Crippen LogP contribution in [-0.2, 0) is 11.8 Å². The third-order valence-corrected chi connectivity index (χ3v) is 4.89. The summed E-state index contributed by atoms with van der Waals surface area (Å²) in [5, 5.41) is 8.16. The first kappa shape index (κ1) is 17.5. The van der Waals surface area contributed by atoms with Crippen molar-refractivity contribution in [1.82, 2.24) is 20.1 Å². The van der Waals surface area contributed by atoms with Crippen LogP contribution in [-0.4, -0.2) is 47.0 Å². The van der Waals surface area contributed by atoms with Gasteiger partial charge in [0.1, 0.15) is 5.75 Å². The molecule has 0 saturated carbocycles. The van der Waals surface area contributed by atoms with Gasteiger partial charge in [-0.15, -0.1) is 0 Å². The SMILES string of the molecule is COc1ccc(-c2cc(C(=O)NC3CCOCC3)c3cnn(C)c3n2)cc1. The molecule has 140 valence electrons. The first-order chi connectivity index (χ1) is 13.2. The molecule has 2 aromatic heterocycles. The highest BCUT2D eigenvalue weighted by atomic mass is 16.5. The minimum absolute atomic E-state index is 0.0999. The summed E-state index contributed by atoms with van der Waals surface area (Å²) in [5.41, 5.74) is 2.91. The molecule has 4 rings (SSSR count). The van der Waals surface area contributed by atoms with Crippen molar-refractivity contribution in [2.45, 2.75) is 18.9 Å². The van der Waals surface area contributed by atoms with E-state index in [-0.39, 0.29) is 11.9 Å². The Hall–Kier alpha value is -2.93. The molecule has 3 heterocycles. The number of pyridine rings is 1. The molecule has 3 aromatic rings. The number of aryl methyl sites for hydroxylation is 1. The number of ether oxygens (including phenoxy) is 2. The molecule has 0 aliphatic carbocycles. The first-order valence-electron chi connectivity index (χ1n) is 9.01. The number of nitrogens with zero attached hydrogens (tertiary/aromatic N) is 3. The molecule has 1 aliphatic heterocycles. The van der Waals surface area contributed by atoms with E-state index >= 15 is 0 Å². The summed E-state index contributed by atoms with van der Waals surface area (Å²) >= 11 is 0. The molecule has 0 spiro atoms. The second kappa shape index (κ2) is 7.36. The third kappa shape index (κ3) is 3.50. The Morgan fingerprint density at radius 1 is 1.26 bits per heavy atom. The minimum atomic E-state index is -0.0999. The van der Waals surface area contributed by atoms with Crippen LogP contribution in [0.15, 0.2) is 36.5 Å². The van der Waals surface area contributed by atoms with E-state index in [1.54, 1.807) is 18.0 Å². The van der Waals surface area contributed by atoms with Crippen molar-refractivity contribution in [3.05, 3.63) is 42.1 Å². The molecule has 1 saturated heterocycles. The van der Waals surface area contributed by atoms with Crippen molar-refractivity contribution >= 4 is 16.9 Å². The summed E-state index contributed by atoms with van der Waals surface area (Å²) in [6, 6.07) is 9.60. The zero-order valence-electron chi connectivity index (χ0n) is 15.4. The van der Waals surface area contributed by atoms with Gasteiger partial charge in [0.15, 0.2) is 5.65 Å². The number of hydrogen-bond donors (Lipinski definition) is 1. The van der Waals surface area contributed by atoms with Crippen LogP contribution in [0.25, 0.3) is 22.3 Å². The Morgan fingerprint density at radius 2 is 2.00 bits per heavy atom. The van der Waals surface area contributed by atoms with Crippen LogP contribution in [0.3, 0.4) is 0 Å². The number of benzene rings is 1. The quantitative estimate of drug-likeness (QED) is 0.768. The molecule has 1 aromatic carbocycles. The standard InChI is InChI=1S/C20H22N4O3/c1-24-19-17(12-21-24)16(20(25)22-14-7-9-27-10-8-14)11-18(23-19)13-3-5-15(26-2)6-4-13/h3-6,11-12,14H,7-10H2,1-2H3,(H,22,25). The van der Waals surface area contributed by atoms with Gasteiger partial charge in [-0.3, -0.25) is 9.48 Å². The highest BCUT2D eigenvalue weighted by Crippen LogP contribution is 2.26. The van der Waals surface area contributed by atoms with E-state index in [0.717, 1.165) is 35.2 Å². The van der Waals surface area contributed by atoms with Gasteiger partial charge in [-0.05, 0) is 43.2 Å². The van der Waals surface area contributed by atoms with Crippen molar-refractivity contribution in [1.29, 1.82) is 0 Å². The second-order valence-electron chi connectivity index (χ2n) is 6.65. The van der Waals surface area contributed by atoms with Crippen LogP contribution in [0, 0.1) is 0 Å². The van der Waals surface area contributed by atoms with Crippen LogP contribution in [0.1, 0.15) is 23.2 Å². The van der Waals surface area contributed by atoms with Gasteiger partial charge in [0, 0.05) is 31.9 Å². The molecule has 1 N–H and O–H groups in total. The summed E-state index contributed by atoms with van der Waals surface area (Å²) in [6.07, 6.45) is 3.36. The predicted molar refractivity (Wildman–Crippen MR) is 102 cm³/mol. The van der Waals surface area contributed by atoms with Crippen LogP contribution >= 0.6 is 0 Å². The summed E-state index contributed by atoms with van der Waals surface area (Å²) in [5.74, 6) is 0.676. The lowest BCUT2D eigenvalue weighted by molar-refractivity contribution is 0.0697. The molecule has 1 amide bonds. The van der Waals surface area contributed by atoms with Crippen molar-refractivity contribution in [3.63, 3.8) is 0 Å². The Labute approximate surface area is 157 Å². The number of fused-ring (bicyclic) bond motifs is 1. The molecular formula is C20H22N4O3. The Kier molecular flexibility index (Phi) is 4.77. The molecule has 0 atom stereocenters. The van der Waals surface area contributed by atoms with Gasteiger partial charge in [-0.2, -0.15) is 5.10 Å². The first-order valence-corrected chi connectivity index (χ1v) is 9.01. The number of carbonyl (C=O) groups excluding carboxylic acids is 1. The van der Waals surface area contributed by atoms with Crippen molar-refractivity contribution in [2.75, 3.05) is 20.3 Å². The largest absolute Gasteiger partial charge is 0.497 e. The van der Waals surface area contributed by atoms with Gasteiger partial charge >= 0.3 is 0 Å². The smallest absolute Gasteiger partial charge is 0.252 e. The molecule has 1 fully saturated rings. The van der Waals surface area contributed by atoms with Gasteiger partial charge < -0.3 is 14.8 Å². The van der Waals surface area contributed by atoms with Crippen LogP contribution in [0.4, 0.5) is 0 Å². The number of rotatable bonds is 4. The van der Waals surface area contributed by atoms with Gasteiger partial charge in [0.05, 0.1) is 30.0 Å². The maximum atomic E-state index is 13.0. The van der Waals surface area contributed by atoms with E-state index in [1.165, 1.54) is 0 Å². The number of methoxy groups -OCH3 is 1. The molecule has 7 heteroatoms. The Morgan fingerprint density at radius 3 is 2.70 bits per heavy atom. The highest BCUT2D eigenvalue weighted by Gasteiger charge is 2.21. The van der Waals surface area contributed by atoms with E-state index in [1.807, 2.05) is 37.4 Å². The maximum Gasteiger partial charge on any atom is 0.252 e. The van der Waals surface area contributed by atoms with E-state index in [2.05, 4.69) is 10.4 Å². The normalized spacial score (nSPS) is 15.0. The van der Waals surface area contributed by atoms with Crippen LogP contribution in [0.2, 0.25) is 0 Å². The van der Waals surface area contributed by atoms with E-state index < -0.39 is 0 Å². The van der Waals surface area contributed by atoms with Crippen LogP contribution in [0.5, 0.6) is 5.75 Å². The van der Waals surface area contributed by atoms with E-state index in [4.69, 9.17) is 14.5 Å². The fourth-order valence-corrected chi connectivity index (χ4v) is 3.32. The Balaban J connectivity index is 1.73. The Bertz CT molecular complexity index is 959. The average molecular weight is 366 g/mol. The number of hydrogen-bond acceptors (Lipinski definition) is 5. The highest BCUT2D eigenvalue weighted by molar-refractivity contribution is 6.06.